The van der Waals surface area contributed by atoms with Crippen molar-refractivity contribution < 1.29 is 14.7 Å². The molecule has 7 nitrogen and oxygen atoms in total. The third-order valence-corrected chi connectivity index (χ3v) is 3.44. The standard InChI is InChI=1S/C15H22N4O3/c1-10(2)6-18-7-13(20)8-19(9-14(18)21)15(22)12-4-16-11(3)17-5-12/h4-5,10,13,20H,6-9H2,1-3H3. The van der Waals surface area contributed by atoms with Crippen LogP contribution in [0, 0.1) is 12.8 Å². The third-order valence-electron chi connectivity index (χ3n) is 3.44. The number of carbonyl (C=O) groups is 2. The summed E-state index contributed by atoms with van der Waals surface area (Å²) in [5, 5.41) is 10.1. The summed E-state index contributed by atoms with van der Waals surface area (Å²) in [6, 6.07) is 0. The molecule has 2 amide bonds. The van der Waals surface area contributed by atoms with Crippen LogP contribution in [-0.4, -0.2) is 69.0 Å². The average Bonchev–Trinajstić information content (AvgIpc) is 2.58. The van der Waals surface area contributed by atoms with E-state index in [0.29, 0.717) is 23.9 Å². The molecule has 1 aromatic rings. The van der Waals surface area contributed by atoms with Crippen molar-refractivity contribution in [2.75, 3.05) is 26.2 Å². The van der Waals surface area contributed by atoms with Crippen LogP contribution in [0.15, 0.2) is 12.4 Å². The van der Waals surface area contributed by atoms with Gasteiger partial charge < -0.3 is 14.9 Å². The summed E-state index contributed by atoms with van der Waals surface area (Å²) in [6.07, 6.45) is 2.14. The number of aliphatic hydroxyl groups excluding tert-OH is 1. The van der Waals surface area contributed by atoms with Crippen LogP contribution in [0.5, 0.6) is 0 Å². The number of aliphatic hydroxyl groups is 1. The molecule has 120 valence electrons. The quantitative estimate of drug-likeness (QED) is 0.855. The van der Waals surface area contributed by atoms with Crippen LogP contribution < -0.4 is 0 Å². The number of aromatic nitrogens is 2. The molecular weight excluding hydrogens is 284 g/mol. The fraction of sp³-hybridized carbons (Fsp3) is 0.600. The Labute approximate surface area is 130 Å². The van der Waals surface area contributed by atoms with Crippen molar-refractivity contribution in [1.29, 1.82) is 0 Å². The van der Waals surface area contributed by atoms with Gasteiger partial charge >= 0.3 is 0 Å². The second-order valence-electron chi connectivity index (χ2n) is 6.05. The van der Waals surface area contributed by atoms with Crippen LogP contribution >= 0.6 is 0 Å². The third kappa shape index (κ3) is 4.00. The Hall–Kier alpha value is -2.02. The van der Waals surface area contributed by atoms with Gasteiger partial charge in [0, 0.05) is 32.0 Å². The zero-order valence-corrected chi connectivity index (χ0v) is 13.2. The maximum Gasteiger partial charge on any atom is 0.257 e. The number of amides is 2. The number of hydrogen-bond acceptors (Lipinski definition) is 5. The lowest BCUT2D eigenvalue weighted by Gasteiger charge is -2.23. The van der Waals surface area contributed by atoms with Crippen molar-refractivity contribution in [3.63, 3.8) is 0 Å². The number of rotatable bonds is 3. The fourth-order valence-electron chi connectivity index (χ4n) is 2.45. The minimum atomic E-state index is -0.750. The summed E-state index contributed by atoms with van der Waals surface area (Å²) in [6.45, 7) is 6.69. The molecule has 1 aliphatic rings. The van der Waals surface area contributed by atoms with Crippen LogP contribution in [0.1, 0.15) is 30.0 Å². The molecular formula is C15H22N4O3. The summed E-state index contributed by atoms with van der Waals surface area (Å²) in [4.78, 5) is 35.7. The number of nitrogens with zero attached hydrogens (tertiary/aromatic N) is 4. The Morgan fingerprint density at radius 2 is 2.00 bits per heavy atom. The summed E-state index contributed by atoms with van der Waals surface area (Å²) >= 11 is 0. The molecule has 0 aliphatic carbocycles. The first-order valence-corrected chi connectivity index (χ1v) is 7.40. The van der Waals surface area contributed by atoms with E-state index in [2.05, 4.69) is 9.97 Å². The largest absolute Gasteiger partial charge is 0.389 e. The van der Waals surface area contributed by atoms with E-state index in [1.54, 1.807) is 11.8 Å². The Morgan fingerprint density at radius 1 is 1.36 bits per heavy atom. The lowest BCUT2D eigenvalue weighted by Crippen LogP contribution is -2.40. The van der Waals surface area contributed by atoms with Gasteiger partial charge in [-0.05, 0) is 12.8 Å². The smallest absolute Gasteiger partial charge is 0.257 e. The molecule has 0 spiro atoms. The van der Waals surface area contributed by atoms with Crippen LogP contribution in [0.3, 0.4) is 0 Å². The minimum absolute atomic E-state index is 0.0313. The maximum atomic E-state index is 12.4. The van der Waals surface area contributed by atoms with Gasteiger partial charge in [-0.1, -0.05) is 13.8 Å². The highest BCUT2D eigenvalue weighted by Gasteiger charge is 2.30. The molecule has 22 heavy (non-hydrogen) atoms. The molecule has 1 fully saturated rings. The zero-order valence-electron chi connectivity index (χ0n) is 13.2. The normalized spacial score (nSPS) is 19.5. The first kappa shape index (κ1) is 16.4. The van der Waals surface area contributed by atoms with Crippen molar-refractivity contribution >= 4 is 11.8 Å². The van der Waals surface area contributed by atoms with Crippen molar-refractivity contribution in [3.8, 4) is 0 Å². The number of hydrogen-bond donors (Lipinski definition) is 1. The van der Waals surface area contributed by atoms with Crippen molar-refractivity contribution in [1.82, 2.24) is 19.8 Å². The van der Waals surface area contributed by atoms with Gasteiger partial charge in [0.25, 0.3) is 5.91 Å². The molecule has 0 radical (unpaired) electrons. The highest BCUT2D eigenvalue weighted by atomic mass is 16.3. The highest BCUT2D eigenvalue weighted by Crippen LogP contribution is 2.11. The molecule has 1 unspecified atom stereocenters. The SMILES string of the molecule is Cc1ncc(C(=O)N2CC(=O)N(CC(C)C)CC(O)C2)cn1. The van der Waals surface area contributed by atoms with Crippen LogP contribution in [0.4, 0.5) is 0 Å². The highest BCUT2D eigenvalue weighted by molar-refractivity contribution is 5.96. The van der Waals surface area contributed by atoms with Crippen LogP contribution in [0.25, 0.3) is 0 Å². The molecule has 2 rings (SSSR count). The van der Waals surface area contributed by atoms with Gasteiger partial charge in [-0.25, -0.2) is 9.97 Å². The van der Waals surface area contributed by atoms with Gasteiger partial charge in [-0.15, -0.1) is 0 Å². The first-order valence-electron chi connectivity index (χ1n) is 7.40. The summed E-state index contributed by atoms with van der Waals surface area (Å²) in [5.74, 6) is 0.404. The molecule has 0 aromatic carbocycles. The second kappa shape index (κ2) is 6.83. The molecule has 2 heterocycles. The van der Waals surface area contributed by atoms with E-state index in [4.69, 9.17) is 0 Å². The molecule has 1 N–H and O–H groups in total. The van der Waals surface area contributed by atoms with E-state index in [-0.39, 0.29) is 31.4 Å². The van der Waals surface area contributed by atoms with E-state index in [9.17, 15) is 14.7 Å². The molecule has 1 aliphatic heterocycles. The van der Waals surface area contributed by atoms with Gasteiger partial charge in [0.15, 0.2) is 0 Å². The van der Waals surface area contributed by atoms with Gasteiger partial charge in [0.2, 0.25) is 5.91 Å². The molecule has 1 atom stereocenters. The van der Waals surface area contributed by atoms with E-state index in [0.717, 1.165) is 0 Å². The Morgan fingerprint density at radius 3 is 2.59 bits per heavy atom. The summed E-state index contributed by atoms with van der Waals surface area (Å²) in [5.41, 5.74) is 0.322. The topological polar surface area (TPSA) is 86.6 Å². The van der Waals surface area contributed by atoms with E-state index in [1.807, 2.05) is 13.8 Å². The first-order chi connectivity index (χ1) is 10.4. The van der Waals surface area contributed by atoms with Crippen molar-refractivity contribution in [2.24, 2.45) is 5.92 Å². The summed E-state index contributed by atoms with van der Waals surface area (Å²) < 4.78 is 0. The Kier molecular flexibility index (Phi) is 5.07. The van der Waals surface area contributed by atoms with E-state index >= 15 is 0 Å². The lowest BCUT2D eigenvalue weighted by atomic mass is 10.2. The van der Waals surface area contributed by atoms with Crippen LogP contribution in [-0.2, 0) is 4.79 Å². The lowest BCUT2D eigenvalue weighted by molar-refractivity contribution is -0.131. The molecule has 1 saturated heterocycles. The van der Waals surface area contributed by atoms with Crippen LogP contribution in [0.2, 0.25) is 0 Å². The Bertz CT molecular complexity index is 544. The molecule has 7 heteroatoms. The van der Waals surface area contributed by atoms with Crippen molar-refractivity contribution in [3.05, 3.63) is 23.8 Å². The molecule has 1 aromatic heterocycles. The molecule has 0 saturated carbocycles. The molecule has 0 bridgehead atoms. The predicted molar refractivity (Wildman–Crippen MR) is 80.1 cm³/mol. The van der Waals surface area contributed by atoms with E-state index < -0.39 is 6.10 Å². The second-order valence-corrected chi connectivity index (χ2v) is 6.05. The van der Waals surface area contributed by atoms with E-state index in [1.165, 1.54) is 17.3 Å². The Balaban J connectivity index is 2.13. The van der Waals surface area contributed by atoms with Gasteiger partial charge in [-0.2, -0.15) is 0 Å². The number of β-amino-alcohol motifs (C(OH)–C–C–N with tert-alkyl or cyclic N) is 1. The monoisotopic (exact) mass is 306 g/mol. The average molecular weight is 306 g/mol. The predicted octanol–water partition coefficient (Wildman–Crippen LogP) is 0.0863. The number of aryl methyl sites for hydroxylation is 1. The summed E-state index contributed by atoms with van der Waals surface area (Å²) in [7, 11) is 0. The minimum Gasteiger partial charge on any atom is -0.389 e. The van der Waals surface area contributed by atoms with Gasteiger partial charge in [0.1, 0.15) is 12.4 Å². The van der Waals surface area contributed by atoms with Gasteiger partial charge in [-0.3, -0.25) is 9.59 Å². The fourth-order valence-corrected chi connectivity index (χ4v) is 2.45. The number of carbonyl (C=O) groups excluding carboxylic acids is 2. The maximum absolute atomic E-state index is 12.4. The zero-order chi connectivity index (χ0) is 16.3. The van der Waals surface area contributed by atoms with Crippen molar-refractivity contribution in [2.45, 2.75) is 26.9 Å². The van der Waals surface area contributed by atoms with Gasteiger partial charge in [0.05, 0.1) is 11.7 Å².